The number of amides is 2. The van der Waals surface area contributed by atoms with Gasteiger partial charge in [-0.05, 0) is 25.0 Å². The van der Waals surface area contributed by atoms with Crippen molar-refractivity contribution in [3.8, 4) is 0 Å². The van der Waals surface area contributed by atoms with Crippen molar-refractivity contribution in [2.75, 3.05) is 0 Å². The van der Waals surface area contributed by atoms with Crippen LogP contribution >= 0.6 is 11.6 Å². The van der Waals surface area contributed by atoms with Gasteiger partial charge in [-0.3, -0.25) is 9.59 Å². The van der Waals surface area contributed by atoms with Crippen LogP contribution in [0.25, 0.3) is 0 Å². The first-order chi connectivity index (χ1) is 8.58. The molecule has 2 unspecified atom stereocenters. The van der Waals surface area contributed by atoms with E-state index in [4.69, 9.17) is 17.3 Å². The van der Waals surface area contributed by atoms with Crippen LogP contribution in [-0.4, -0.2) is 22.8 Å². The van der Waals surface area contributed by atoms with Gasteiger partial charge in [0.05, 0.1) is 10.9 Å². The highest BCUT2D eigenvalue weighted by Crippen LogP contribution is 2.25. The predicted molar refractivity (Wildman–Crippen MR) is 67.0 cm³/mol. The molecule has 0 aromatic carbocycles. The SMILES string of the molecule is NC(=O)C1CCCC1NC(=O)c1ccc(Cl)cn1. The van der Waals surface area contributed by atoms with E-state index in [0.29, 0.717) is 5.02 Å². The van der Waals surface area contributed by atoms with Crippen LogP contribution in [0, 0.1) is 5.92 Å². The number of hydrogen-bond acceptors (Lipinski definition) is 3. The molecule has 6 heteroatoms. The van der Waals surface area contributed by atoms with E-state index in [0.717, 1.165) is 19.3 Å². The molecule has 2 rings (SSSR count). The standard InChI is InChI=1S/C12H14ClN3O2/c13-7-4-5-10(15-6-7)12(18)16-9-3-1-2-8(9)11(14)17/h4-6,8-9H,1-3H2,(H2,14,17)(H,16,18). The Hall–Kier alpha value is -1.62. The minimum atomic E-state index is -0.359. The number of hydrogen-bond donors (Lipinski definition) is 2. The molecular formula is C12H14ClN3O2. The molecule has 18 heavy (non-hydrogen) atoms. The van der Waals surface area contributed by atoms with Crippen LogP contribution in [0.1, 0.15) is 29.8 Å². The molecule has 1 heterocycles. The van der Waals surface area contributed by atoms with Crippen LogP contribution in [0.3, 0.4) is 0 Å². The second kappa shape index (κ2) is 5.35. The van der Waals surface area contributed by atoms with Crippen molar-refractivity contribution in [2.45, 2.75) is 25.3 Å². The first-order valence-electron chi connectivity index (χ1n) is 5.79. The third-order valence-electron chi connectivity index (χ3n) is 3.16. The van der Waals surface area contributed by atoms with Crippen LogP contribution in [-0.2, 0) is 4.79 Å². The Labute approximate surface area is 110 Å². The molecule has 5 nitrogen and oxygen atoms in total. The zero-order valence-corrected chi connectivity index (χ0v) is 10.5. The van der Waals surface area contributed by atoms with Crippen molar-refractivity contribution in [3.05, 3.63) is 29.0 Å². The fraction of sp³-hybridized carbons (Fsp3) is 0.417. The molecule has 96 valence electrons. The third-order valence-corrected chi connectivity index (χ3v) is 3.38. The summed E-state index contributed by atoms with van der Waals surface area (Å²) in [6, 6.07) is 2.96. The summed E-state index contributed by atoms with van der Waals surface area (Å²) in [7, 11) is 0. The lowest BCUT2D eigenvalue weighted by atomic mass is 10.0. The third kappa shape index (κ3) is 2.79. The van der Waals surface area contributed by atoms with Gasteiger partial charge in [0.1, 0.15) is 5.69 Å². The van der Waals surface area contributed by atoms with Crippen molar-refractivity contribution < 1.29 is 9.59 Å². The lowest BCUT2D eigenvalue weighted by Gasteiger charge is -2.17. The van der Waals surface area contributed by atoms with E-state index in [9.17, 15) is 9.59 Å². The Bertz CT molecular complexity index is 461. The normalized spacial score (nSPS) is 22.7. The molecule has 0 aliphatic heterocycles. The van der Waals surface area contributed by atoms with Crippen molar-refractivity contribution in [1.29, 1.82) is 0 Å². The molecule has 2 atom stereocenters. The molecule has 0 spiro atoms. The summed E-state index contributed by atoms with van der Waals surface area (Å²) in [6.45, 7) is 0. The maximum absolute atomic E-state index is 11.9. The summed E-state index contributed by atoms with van der Waals surface area (Å²) in [5.41, 5.74) is 5.59. The molecule has 1 aromatic rings. The number of aromatic nitrogens is 1. The summed E-state index contributed by atoms with van der Waals surface area (Å²) >= 11 is 5.70. The smallest absolute Gasteiger partial charge is 0.270 e. The quantitative estimate of drug-likeness (QED) is 0.861. The van der Waals surface area contributed by atoms with Crippen molar-refractivity contribution >= 4 is 23.4 Å². The van der Waals surface area contributed by atoms with Crippen molar-refractivity contribution in [2.24, 2.45) is 11.7 Å². The summed E-state index contributed by atoms with van der Waals surface area (Å²) < 4.78 is 0. The minimum absolute atomic E-state index is 0.188. The van der Waals surface area contributed by atoms with Crippen LogP contribution < -0.4 is 11.1 Å². The summed E-state index contributed by atoms with van der Waals surface area (Å²) in [4.78, 5) is 27.1. The Kier molecular flexibility index (Phi) is 3.81. The minimum Gasteiger partial charge on any atom is -0.369 e. The molecule has 3 N–H and O–H groups in total. The van der Waals surface area contributed by atoms with Crippen LogP contribution in [0.5, 0.6) is 0 Å². The Morgan fingerprint density at radius 1 is 1.39 bits per heavy atom. The van der Waals surface area contributed by atoms with E-state index in [1.165, 1.54) is 6.20 Å². The Morgan fingerprint density at radius 3 is 2.78 bits per heavy atom. The number of nitrogens with zero attached hydrogens (tertiary/aromatic N) is 1. The molecule has 1 aliphatic carbocycles. The molecule has 1 aromatic heterocycles. The number of halogens is 1. The lowest BCUT2D eigenvalue weighted by molar-refractivity contribution is -0.122. The molecular weight excluding hydrogens is 254 g/mol. The maximum Gasteiger partial charge on any atom is 0.270 e. The second-order valence-electron chi connectivity index (χ2n) is 4.38. The van der Waals surface area contributed by atoms with E-state index in [1.54, 1.807) is 12.1 Å². The monoisotopic (exact) mass is 267 g/mol. The number of rotatable bonds is 3. The van der Waals surface area contributed by atoms with E-state index in [-0.39, 0.29) is 29.5 Å². The van der Waals surface area contributed by atoms with Gasteiger partial charge in [0.15, 0.2) is 0 Å². The first-order valence-corrected chi connectivity index (χ1v) is 6.17. The number of primary amides is 1. The number of carbonyl (C=O) groups excluding carboxylic acids is 2. The lowest BCUT2D eigenvalue weighted by Crippen LogP contribution is -2.42. The van der Waals surface area contributed by atoms with E-state index < -0.39 is 0 Å². The van der Waals surface area contributed by atoms with Gasteiger partial charge in [0.2, 0.25) is 5.91 Å². The first kappa shape index (κ1) is 12.8. The zero-order chi connectivity index (χ0) is 13.1. The van der Waals surface area contributed by atoms with Gasteiger partial charge in [0, 0.05) is 12.2 Å². The molecule has 0 bridgehead atoms. The zero-order valence-electron chi connectivity index (χ0n) is 9.73. The average molecular weight is 268 g/mol. The van der Waals surface area contributed by atoms with E-state index >= 15 is 0 Å². The summed E-state index contributed by atoms with van der Waals surface area (Å²) in [5, 5.41) is 3.28. The van der Waals surface area contributed by atoms with Gasteiger partial charge >= 0.3 is 0 Å². The van der Waals surface area contributed by atoms with Gasteiger partial charge < -0.3 is 11.1 Å². The second-order valence-corrected chi connectivity index (χ2v) is 4.82. The number of nitrogens with one attached hydrogen (secondary N) is 1. The highest BCUT2D eigenvalue weighted by atomic mass is 35.5. The number of carbonyl (C=O) groups is 2. The van der Waals surface area contributed by atoms with Crippen LogP contribution in [0.15, 0.2) is 18.3 Å². The van der Waals surface area contributed by atoms with Gasteiger partial charge in [-0.1, -0.05) is 18.0 Å². The van der Waals surface area contributed by atoms with Crippen molar-refractivity contribution in [1.82, 2.24) is 10.3 Å². The number of pyridine rings is 1. The average Bonchev–Trinajstić information content (AvgIpc) is 2.78. The number of nitrogens with two attached hydrogens (primary N) is 1. The Morgan fingerprint density at radius 2 is 2.17 bits per heavy atom. The van der Waals surface area contributed by atoms with E-state index in [2.05, 4.69) is 10.3 Å². The Balaban J connectivity index is 2.03. The fourth-order valence-corrected chi connectivity index (χ4v) is 2.34. The van der Waals surface area contributed by atoms with Crippen molar-refractivity contribution in [3.63, 3.8) is 0 Å². The summed E-state index contributed by atoms with van der Waals surface area (Å²) in [5.74, 6) is -0.937. The fourth-order valence-electron chi connectivity index (χ4n) is 2.23. The predicted octanol–water partition coefficient (Wildman–Crippen LogP) is 1.12. The molecule has 1 fully saturated rings. The van der Waals surface area contributed by atoms with Gasteiger partial charge in [-0.15, -0.1) is 0 Å². The van der Waals surface area contributed by atoms with E-state index in [1.807, 2.05) is 0 Å². The van der Waals surface area contributed by atoms with Gasteiger partial charge in [-0.2, -0.15) is 0 Å². The highest BCUT2D eigenvalue weighted by molar-refractivity contribution is 6.30. The molecule has 1 saturated carbocycles. The highest BCUT2D eigenvalue weighted by Gasteiger charge is 2.32. The van der Waals surface area contributed by atoms with Crippen LogP contribution in [0.2, 0.25) is 5.02 Å². The molecule has 1 aliphatic rings. The molecule has 0 saturated heterocycles. The largest absolute Gasteiger partial charge is 0.369 e. The summed E-state index contributed by atoms with van der Waals surface area (Å²) in [6.07, 6.45) is 3.81. The molecule has 2 amide bonds. The van der Waals surface area contributed by atoms with Crippen LogP contribution in [0.4, 0.5) is 0 Å². The molecule has 0 radical (unpaired) electrons. The van der Waals surface area contributed by atoms with Gasteiger partial charge in [-0.25, -0.2) is 4.98 Å². The van der Waals surface area contributed by atoms with Gasteiger partial charge in [0.25, 0.3) is 5.91 Å². The maximum atomic E-state index is 11.9. The topological polar surface area (TPSA) is 85.1 Å².